The number of hydrogen-bond acceptors (Lipinski definition) is 7. The van der Waals surface area contributed by atoms with Crippen LogP contribution in [0.5, 0.6) is 0 Å². The Kier molecular flexibility index (Phi) is 3.23. The van der Waals surface area contributed by atoms with Crippen molar-refractivity contribution in [2.45, 2.75) is 63.5 Å². The van der Waals surface area contributed by atoms with Crippen LogP contribution in [0.2, 0.25) is 0 Å². The maximum atomic E-state index is 5.98. The molecule has 24 heavy (non-hydrogen) atoms. The van der Waals surface area contributed by atoms with Crippen LogP contribution in [0.1, 0.15) is 62.7 Å². The molecular weight excluding hydrogens is 306 g/mol. The third kappa shape index (κ3) is 2.19. The standard InChI is InChI=1S/C16H23N7O/c1-2-14-18-19-15(24-14)16-7-3-4-11(16)8-22(10-16)9-13-17-20-21-23(13)12-5-6-12/h11-12H,2-10H2,1H3/t11-,16-/m0/s1. The summed E-state index contributed by atoms with van der Waals surface area (Å²) in [6.07, 6.45) is 6.84. The lowest BCUT2D eigenvalue weighted by molar-refractivity contribution is 0.257. The highest BCUT2D eigenvalue weighted by molar-refractivity contribution is 5.17. The molecule has 3 fully saturated rings. The molecule has 2 aromatic heterocycles. The largest absolute Gasteiger partial charge is 0.425 e. The van der Waals surface area contributed by atoms with E-state index >= 15 is 0 Å². The SMILES string of the molecule is CCc1nnc([C@]23CCC[C@H]2CN(Cc2nnnn2C2CC2)C3)o1. The van der Waals surface area contributed by atoms with E-state index in [1.165, 1.54) is 25.7 Å². The normalized spacial score (nSPS) is 30.1. The zero-order valence-corrected chi connectivity index (χ0v) is 14.1. The van der Waals surface area contributed by atoms with Crippen molar-refractivity contribution in [2.24, 2.45) is 5.92 Å². The molecule has 3 aliphatic rings. The van der Waals surface area contributed by atoms with E-state index in [4.69, 9.17) is 4.42 Å². The van der Waals surface area contributed by atoms with Gasteiger partial charge in [-0.25, -0.2) is 4.68 Å². The molecule has 2 atom stereocenters. The van der Waals surface area contributed by atoms with Crippen molar-refractivity contribution in [3.8, 4) is 0 Å². The van der Waals surface area contributed by atoms with Gasteiger partial charge >= 0.3 is 0 Å². The predicted octanol–water partition coefficient (Wildman–Crippen LogP) is 1.51. The molecule has 1 aliphatic heterocycles. The molecule has 128 valence electrons. The average molecular weight is 329 g/mol. The molecule has 1 saturated heterocycles. The predicted molar refractivity (Wildman–Crippen MR) is 84.1 cm³/mol. The Morgan fingerprint density at radius 3 is 2.92 bits per heavy atom. The molecule has 0 N–H and O–H groups in total. The first kappa shape index (κ1) is 14.5. The van der Waals surface area contributed by atoms with Gasteiger partial charge < -0.3 is 4.42 Å². The molecule has 0 amide bonds. The van der Waals surface area contributed by atoms with Crippen LogP contribution in [0, 0.1) is 5.92 Å². The summed E-state index contributed by atoms with van der Waals surface area (Å²) in [6, 6.07) is 0.522. The van der Waals surface area contributed by atoms with Gasteiger partial charge in [-0.3, -0.25) is 4.90 Å². The third-order valence-electron chi connectivity index (χ3n) is 5.96. The van der Waals surface area contributed by atoms with Crippen LogP contribution in [0.25, 0.3) is 0 Å². The van der Waals surface area contributed by atoms with Crippen LogP contribution in [-0.2, 0) is 18.4 Å². The summed E-state index contributed by atoms with van der Waals surface area (Å²) in [6.45, 7) is 4.91. The van der Waals surface area contributed by atoms with Gasteiger partial charge in [0.05, 0.1) is 18.0 Å². The Hall–Kier alpha value is -1.83. The molecule has 3 heterocycles. The molecule has 0 bridgehead atoms. The minimum absolute atomic E-state index is 0.0400. The number of fused-ring (bicyclic) bond motifs is 1. The fraction of sp³-hybridized carbons (Fsp3) is 0.812. The summed E-state index contributed by atoms with van der Waals surface area (Å²) in [5, 5.41) is 20.9. The zero-order valence-electron chi connectivity index (χ0n) is 14.1. The number of aryl methyl sites for hydroxylation is 1. The average Bonchev–Trinajstić information content (AvgIpc) is 2.99. The number of tetrazole rings is 1. The summed E-state index contributed by atoms with van der Waals surface area (Å²) in [7, 11) is 0. The molecule has 8 nitrogen and oxygen atoms in total. The van der Waals surface area contributed by atoms with E-state index < -0.39 is 0 Å². The monoisotopic (exact) mass is 329 g/mol. The fourth-order valence-corrected chi connectivity index (χ4v) is 4.58. The summed E-state index contributed by atoms with van der Waals surface area (Å²) < 4.78 is 8.00. The minimum atomic E-state index is 0.0400. The molecular formula is C16H23N7O. The second-order valence-electron chi connectivity index (χ2n) is 7.54. The molecule has 2 aromatic rings. The number of hydrogen-bond donors (Lipinski definition) is 0. The van der Waals surface area contributed by atoms with Crippen molar-refractivity contribution in [3.63, 3.8) is 0 Å². The van der Waals surface area contributed by atoms with Crippen LogP contribution in [-0.4, -0.2) is 48.4 Å². The summed E-state index contributed by atoms with van der Waals surface area (Å²) >= 11 is 0. The molecule has 0 radical (unpaired) electrons. The number of nitrogens with zero attached hydrogens (tertiary/aromatic N) is 7. The van der Waals surface area contributed by atoms with Crippen LogP contribution >= 0.6 is 0 Å². The van der Waals surface area contributed by atoms with Gasteiger partial charge in [-0.1, -0.05) is 13.3 Å². The van der Waals surface area contributed by atoms with Gasteiger partial charge in [0.2, 0.25) is 11.8 Å². The van der Waals surface area contributed by atoms with Crippen LogP contribution < -0.4 is 0 Å². The van der Waals surface area contributed by atoms with Crippen molar-refractivity contribution in [1.82, 2.24) is 35.3 Å². The van der Waals surface area contributed by atoms with Crippen molar-refractivity contribution >= 4 is 0 Å². The van der Waals surface area contributed by atoms with E-state index in [9.17, 15) is 0 Å². The summed E-state index contributed by atoms with van der Waals surface area (Å²) in [5.74, 6) is 3.20. The first-order valence-electron chi connectivity index (χ1n) is 9.10. The molecule has 8 heteroatoms. The molecule has 5 rings (SSSR count). The lowest BCUT2D eigenvalue weighted by Crippen LogP contribution is -2.32. The highest BCUT2D eigenvalue weighted by atomic mass is 16.4. The van der Waals surface area contributed by atoms with Gasteiger partial charge in [0.25, 0.3) is 0 Å². The van der Waals surface area contributed by atoms with E-state index in [0.717, 1.165) is 50.1 Å². The molecule has 0 aromatic carbocycles. The quantitative estimate of drug-likeness (QED) is 0.821. The fourth-order valence-electron chi connectivity index (χ4n) is 4.58. The van der Waals surface area contributed by atoms with Crippen LogP contribution in [0.3, 0.4) is 0 Å². The van der Waals surface area contributed by atoms with Crippen molar-refractivity contribution in [2.75, 3.05) is 13.1 Å². The summed E-state index contributed by atoms with van der Waals surface area (Å²) in [4.78, 5) is 2.48. The second kappa shape index (κ2) is 5.34. The number of aromatic nitrogens is 6. The first-order chi connectivity index (χ1) is 11.8. The van der Waals surface area contributed by atoms with Crippen LogP contribution in [0.15, 0.2) is 4.42 Å². The Labute approximate surface area is 140 Å². The van der Waals surface area contributed by atoms with E-state index in [0.29, 0.717) is 12.0 Å². The Bertz CT molecular complexity index is 736. The van der Waals surface area contributed by atoms with Crippen molar-refractivity contribution in [3.05, 3.63) is 17.6 Å². The summed E-state index contributed by atoms with van der Waals surface area (Å²) in [5.41, 5.74) is 0.0400. The zero-order chi connectivity index (χ0) is 16.1. The maximum Gasteiger partial charge on any atom is 0.224 e. The lowest BCUT2D eigenvalue weighted by atomic mass is 9.80. The highest BCUT2D eigenvalue weighted by Gasteiger charge is 2.54. The van der Waals surface area contributed by atoms with Gasteiger partial charge in [0.1, 0.15) is 0 Å². The van der Waals surface area contributed by atoms with Gasteiger partial charge in [-0.2, -0.15) is 0 Å². The molecule has 2 aliphatic carbocycles. The van der Waals surface area contributed by atoms with E-state index in [1.54, 1.807) is 0 Å². The first-order valence-corrected chi connectivity index (χ1v) is 9.10. The third-order valence-corrected chi connectivity index (χ3v) is 5.96. The van der Waals surface area contributed by atoms with E-state index in [2.05, 4.69) is 37.5 Å². The number of likely N-dealkylation sites (tertiary alicyclic amines) is 1. The van der Waals surface area contributed by atoms with E-state index in [-0.39, 0.29) is 5.41 Å². The van der Waals surface area contributed by atoms with Gasteiger partial charge in [-0.05, 0) is 42.0 Å². The molecule has 0 unspecified atom stereocenters. The second-order valence-corrected chi connectivity index (χ2v) is 7.54. The topological polar surface area (TPSA) is 85.8 Å². The van der Waals surface area contributed by atoms with E-state index in [1.807, 2.05) is 4.68 Å². The smallest absolute Gasteiger partial charge is 0.224 e. The Morgan fingerprint density at radius 1 is 1.21 bits per heavy atom. The van der Waals surface area contributed by atoms with Gasteiger partial charge in [-0.15, -0.1) is 15.3 Å². The maximum absolute atomic E-state index is 5.98. The minimum Gasteiger partial charge on any atom is -0.425 e. The molecule has 2 saturated carbocycles. The lowest BCUT2D eigenvalue weighted by Gasteiger charge is -2.24. The van der Waals surface area contributed by atoms with Gasteiger partial charge in [0.15, 0.2) is 5.82 Å². The molecule has 0 spiro atoms. The Morgan fingerprint density at radius 2 is 2.12 bits per heavy atom. The van der Waals surface area contributed by atoms with Crippen molar-refractivity contribution in [1.29, 1.82) is 0 Å². The van der Waals surface area contributed by atoms with Gasteiger partial charge in [0, 0.05) is 19.5 Å². The van der Waals surface area contributed by atoms with Crippen molar-refractivity contribution < 1.29 is 4.42 Å². The number of rotatable bonds is 5. The Balaban J connectivity index is 1.38. The highest BCUT2D eigenvalue weighted by Crippen LogP contribution is 2.50. The van der Waals surface area contributed by atoms with Crippen LogP contribution in [0.4, 0.5) is 0 Å².